The maximum Gasteiger partial charge on any atom is 0.328 e. The molecule has 1 fully saturated rings. The number of carbonyl (C=O) groups excluding carboxylic acids is 2. The number of rotatable bonds is 1. The van der Waals surface area contributed by atoms with Gasteiger partial charge in [0, 0.05) is 7.05 Å². The van der Waals surface area contributed by atoms with Crippen LogP contribution in [-0.2, 0) is 4.79 Å². The summed E-state index contributed by atoms with van der Waals surface area (Å²) in [6, 6.07) is 7.30. The first kappa shape index (κ1) is 10.4. The maximum atomic E-state index is 11.6. The van der Waals surface area contributed by atoms with Crippen molar-refractivity contribution in [3.8, 4) is 0 Å². The van der Waals surface area contributed by atoms with E-state index in [4.69, 9.17) is 0 Å². The molecule has 0 radical (unpaired) electrons. The van der Waals surface area contributed by atoms with Gasteiger partial charge in [0.1, 0.15) is 5.70 Å². The van der Waals surface area contributed by atoms with Crippen LogP contribution in [0.15, 0.2) is 30.0 Å². The highest BCUT2D eigenvalue weighted by atomic mass is 16.2. The van der Waals surface area contributed by atoms with Gasteiger partial charge in [-0.15, -0.1) is 0 Å². The number of urea groups is 1. The lowest BCUT2D eigenvalue weighted by Gasteiger charge is -2.01. The summed E-state index contributed by atoms with van der Waals surface area (Å²) in [5.41, 5.74) is 2.31. The first-order chi connectivity index (χ1) is 7.59. The zero-order valence-corrected chi connectivity index (χ0v) is 9.15. The second kappa shape index (κ2) is 3.81. The van der Waals surface area contributed by atoms with Gasteiger partial charge in [-0.1, -0.05) is 24.3 Å². The smallest absolute Gasteiger partial charge is 0.303 e. The van der Waals surface area contributed by atoms with Gasteiger partial charge in [-0.25, -0.2) is 4.79 Å². The van der Waals surface area contributed by atoms with E-state index in [0.717, 1.165) is 16.0 Å². The summed E-state index contributed by atoms with van der Waals surface area (Å²) < 4.78 is 0. The van der Waals surface area contributed by atoms with E-state index in [1.54, 1.807) is 6.08 Å². The van der Waals surface area contributed by atoms with Gasteiger partial charge in [-0.3, -0.25) is 9.69 Å². The molecular weight excluding hydrogens is 204 g/mol. The lowest BCUT2D eigenvalue weighted by Crippen LogP contribution is -2.25. The van der Waals surface area contributed by atoms with Crippen LogP contribution in [0, 0.1) is 6.92 Å². The molecule has 0 atom stereocenters. The Hall–Kier alpha value is -2.10. The molecular formula is C12H12N2O2. The van der Waals surface area contributed by atoms with Crippen molar-refractivity contribution in [1.82, 2.24) is 10.2 Å². The fourth-order valence-electron chi connectivity index (χ4n) is 1.53. The highest BCUT2D eigenvalue weighted by Gasteiger charge is 2.29. The standard InChI is InChI=1S/C12H12N2O2/c1-8-5-3-4-6-9(8)7-10-11(15)14(2)12(16)13-10/h3-7H,1-2H3,(H,13,16)/b10-7+. The van der Waals surface area contributed by atoms with E-state index in [9.17, 15) is 9.59 Å². The molecule has 4 heteroatoms. The Balaban J connectivity index is 2.37. The number of imide groups is 1. The van der Waals surface area contributed by atoms with Gasteiger partial charge in [0.15, 0.2) is 0 Å². The quantitative estimate of drug-likeness (QED) is 0.571. The number of hydrogen-bond acceptors (Lipinski definition) is 2. The van der Waals surface area contributed by atoms with Gasteiger partial charge in [-0.2, -0.15) is 0 Å². The Morgan fingerprint density at radius 3 is 2.50 bits per heavy atom. The van der Waals surface area contributed by atoms with Crippen LogP contribution in [0.2, 0.25) is 0 Å². The second-order valence-corrected chi connectivity index (χ2v) is 3.71. The normalized spacial score (nSPS) is 18.1. The summed E-state index contributed by atoms with van der Waals surface area (Å²) in [5.74, 6) is -0.298. The highest BCUT2D eigenvalue weighted by Crippen LogP contribution is 2.15. The Kier molecular flexibility index (Phi) is 2.48. The molecule has 4 nitrogen and oxygen atoms in total. The van der Waals surface area contributed by atoms with E-state index in [0.29, 0.717) is 5.70 Å². The predicted molar refractivity (Wildman–Crippen MR) is 60.5 cm³/mol. The topological polar surface area (TPSA) is 49.4 Å². The Morgan fingerprint density at radius 2 is 1.94 bits per heavy atom. The first-order valence-electron chi connectivity index (χ1n) is 4.96. The average molecular weight is 216 g/mol. The van der Waals surface area contributed by atoms with Crippen LogP contribution in [0.5, 0.6) is 0 Å². The summed E-state index contributed by atoms with van der Waals surface area (Å²) in [7, 11) is 1.45. The van der Waals surface area contributed by atoms with E-state index in [1.807, 2.05) is 31.2 Å². The highest BCUT2D eigenvalue weighted by molar-refractivity contribution is 6.13. The van der Waals surface area contributed by atoms with Crippen LogP contribution in [0.1, 0.15) is 11.1 Å². The van der Waals surface area contributed by atoms with Gasteiger partial charge in [0.2, 0.25) is 0 Å². The van der Waals surface area contributed by atoms with Gasteiger partial charge in [0.25, 0.3) is 5.91 Å². The minimum absolute atomic E-state index is 0.298. The van der Waals surface area contributed by atoms with Crippen molar-refractivity contribution < 1.29 is 9.59 Å². The van der Waals surface area contributed by atoms with Crippen molar-refractivity contribution in [3.05, 3.63) is 41.1 Å². The molecule has 1 saturated heterocycles. The number of nitrogens with one attached hydrogen (secondary N) is 1. The van der Waals surface area contributed by atoms with E-state index < -0.39 is 0 Å². The molecule has 0 saturated carbocycles. The summed E-state index contributed by atoms with van der Waals surface area (Å²) in [6.45, 7) is 1.96. The SMILES string of the molecule is Cc1ccccc1/C=C1/NC(=O)N(C)C1=O. The summed E-state index contributed by atoms with van der Waals surface area (Å²) in [5, 5.41) is 2.53. The zero-order chi connectivity index (χ0) is 11.7. The van der Waals surface area contributed by atoms with Gasteiger partial charge >= 0.3 is 6.03 Å². The molecule has 16 heavy (non-hydrogen) atoms. The van der Waals surface area contributed by atoms with E-state index in [-0.39, 0.29) is 11.9 Å². The van der Waals surface area contributed by atoms with Crippen LogP contribution in [0.3, 0.4) is 0 Å². The predicted octanol–water partition coefficient (Wildman–Crippen LogP) is 1.52. The Labute approximate surface area is 93.6 Å². The van der Waals surface area contributed by atoms with Gasteiger partial charge < -0.3 is 5.32 Å². The average Bonchev–Trinajstić information content (AvgIpc) is 2.50. The molecule has 0 spiro atoms. The lowest BCUT2D eigenvalue weighted by molar-refractivity contribution is -0.121. The summed E-state index contributed by atoms with van der Waals surface area (Å²) in [6.07, 6.45) is 1.69. The molecule has 0 aromatic heterocycles. The summed E-state index contributed by atoms with van der Waals surface area (Å²) in [4.78, 5) is 23.9. The van der Waals surface area contributed by atoms with Crippen molar-refractivity contribution in [2.75, 3.05) is 7.05 Å². The molecule has 2 rings (SSSR count). The fourth-order valence-corrected chi connectivity index (χ4v) is 1.53. The number of hydrogen-bond donors (Lipinski definition) is 1. The summed E-state index contributed by atoms with van der Waals surface area (Å²) >= 11 is 0. The second-order valence-electron chi connectivity index (χ2n) is 3.71. The molecule has 3 amide bonds. The largest absolute Gasteiger partial charge is 0.328 e. The third-order valence-electron chi connectivity index (χ3n) is 2.57. The van der Waals surface area contributed by atoms with Crippen LogP contribution in [-0.4, -0.2) is 23.9 Å². The van der Waals surface area contributed by atoms with E-state index in [2.05, 4.69) is 5.32 Å². The monoisotopic (exact) mass is 216 g/mol. The van der Waals surface area contributed by atoms with Crippen LogP contribution < -0.4 is 5.32 Å². The van der Waals surface area contributed by atoms with E-state index in [1.165, 1.54) is 7.05 Å². The van der Waals surface area contributed by atoms with Crippen molar-refractivity contribution in [1.29, 1.82) is 0 Å². The van der Waals surface area contributed by atoms with Gasteiger partial charge in [-0.05, 0) is 24.1 Å². The van der Waals surface area contributed by atoms with E-state index >= 15 is 0 Å². The molecule has 1 N–H and O–H groups in total. The molecule has 1 aromatic rings. The maximum absolute atomic E-state index is 11.6. The first-order valence-corrected chi connectivity index (χ1v) is 4.96. The van der Waals surface area contributed by atoms with Crippen LogP contribution in [0.4, 0.5) is 4.79 Å². The van der Waals surface area contributed by atoms with Crippen molar-refractivity contribution >= 4 is 18.0 Å². The van der Waals surface area contributed by atoms with Gasteiger partial charge in [0.05, 0.1) is 0 Å². The molecule has 0 unspecified atom stereocenters. The lowest BCUT2D eigenvalue weighted by atomic mass is 10.1. The number of nitrogens with zero attached hydrogens (tertiary/aromatic N) is 1. The molecule has 1 heterocycles. The Morgan fingerprint density at radius 1 is 1.25 bits per heavy atom. The molecule has 0 bridgehead atoms. The minimum Gasteiger partial charge on any atom is -0.303 e. The number of likely N-dealkylation sites (N-methyl/N-ethyl adjacent to an activating group) is 1. The number of carbonyl (C=O) groups is 2. The van der Waals surface area contributed by atoms with Crippen molar-refractivity contribution in [2.45, 2.75) is 6.92 Å². The molecule has 1 aliphatic heterocycles. The minimum atomic E-state index is -0.384. The number of amides is 3. The molecule has 0 aliphatic carbocycles. The molecule has 1 aromatic carbocycles. The zero-order valence-electron chi connectivity index (χ0n) is 9.15. The van der Waals surface area contributed by atoms with Crippen molar-refractivity contribution in [3.63, 3.8) is 0 Å². The Bertz CT molecular complexity index is 492. The number of aryl methyl sites for hydroxylation is 1. The van der Waals surface area contributed by atoms with Crippen LogP contribution in [0.25, 0.3) is 6.08 Å². The fraction of sp³-hybridized carbons (Fsp3) is 0.167. The third kappa shape index (κ3) is 1.69. The molecule has 82 valence electrons. The van der Waals surface area contributed by atoms with Crippen LogP contribution >= 0.6 is 0 Å². The molecule has 1 aliphatic rings. The number of benzene rings is 1. The van der Waals surface area contributed by atoms with Crippen molar-refractivity contribution in [2.24, 2.45) is 0 Å². The third-order valence-corrected chi connectivity index (χ3v) is 2.57.